The summed E-state index contributed by atoms with van der Waals surface area (Å²) in [6.45, 7) is 1.89. The van der Waals surface area contributed by atoms with E-state index in [2.05, 4.69) is 17.6 Å². The van der Waals surface area contributed by atoms with Crippen LogP contribution < -0.4 is 61.9 Å². The largest absolute Gasteiger partial charge is 1.00 e. The van der Waals surface area contributed by atoms with Gasteiger partial charge in [-0.25, -0.2) is 5.01 Å². The summed E-state index contributed by atoms with van der Waals surface area (Å²) in [5.74, 6) is 0. The molecule has 0 aliphatic carbocycles. The van der Waals surface area contributed by atoms with Crippen molar-refractivity contribution in [3.63, 3.8) is 0 Å². The summed E-state index contributed by atoms with van der Waals surface area (Å²) in [4.78, 5) is 0. The van der Waals surface area contributed by atoms with Crippen LogP contribution in [0.15, 0.2) is 0 Å². The SMILES string of the molecule is [K+].[O-]C(=S)NN1CCCC1. The molecule has 0 aromatic carbocycles. The molecular formula is C5H9KN2OS. The second-order valence-electron chi connectivity index (χ2n) is 2.09. The molecule has 0 bridgehead atoms. The molecule has 0 atom stereocenters. The van der Waals surface area contributed by atoms with E-state index in [-0.39, 0.29) is 56.6 Å². The Labute approximate surface area is 109 Å². The third-order valence-corrected chi connectivity index (χ3v) is 1.45. The van der Waals surface area contributed by atoms with E-state index in [4.69, 9.17) is 0 Å². The predicted molar refractivity (Wildman–Crippen MR) is 36.5 cm³/mol. The van der Waals surface area contributed by atoms with E-state index in [1.165, 1.54) is 0 Å². The second-order valence-corrected chi connectivity index (χ2v) is 2.46. The third kappa shape index (κ3) is 4.22. The molecule has 0 unspecified atom stereocenters. The first-order valence-electron chi connectivity index (χ1n) is 3.01. The molecule has 0 spiro atoms. The molecule has 0 aromatic heterocycles. The van der Waals surface area contributed by atoms with E-state index in [1.54, 1.807) is 0 Å². The van der Waals surface area contributed by atoms with Gasteiger partial charge in [-0.3, -0.25) is 0 Å². The van der Waals surface area contributed by atoms with Crippen molar-refractivity contribution in [2.24, 2.45) is 0 Å². The Bertz CT molecular complexity index is 116. The number of hydrazine groups is 1. The number of nitrogens with zero attached hydrogens (tertiary/aromatic N) is 1. The minimum absolute atomic E-state index is 0. The van der Waals surface area contributed by atoms with Gasteiger partial charge in [0.1, 0.15) is 0 Å². The first-order valence-corrected chi connectivity index (χ1v) is 3.42. The van der Waals surface area contributed by atoms with Gasteiger partial charge in [0.05, 0.1) is 0 Å². The number of nitrogens with one attached hydrogen (secondary N) is 1. The van der Waals surface area contributed by atoms with Gasteiger partial charge in [0.15, 0.2) is 0 Å². The number of thiocarbonyl (C=S) groups is 1. The van der Waals surface area contributed by atoms with E-state index in [0.29, 0.717) is 0 Å². The molecule has 0 aromatic rings. The Hall–Kier alpha value is 1.29. The van der Waals surface area contributed by atoms with E-state index < -0.39 is 0 Å². The summed E-state index contributed by atoms with van der Waals surface area (Å²) in [6.07, 6.45) is 2.32. The maximum absolute atomic E-state index is 10.3. The van der Waals surface area contributed by atoms with Crippen LogP contribution >= 0.6 is 12.2 Å². The summed E-state index contributed by atoms with van der Waals surface area (Å²) in [7, 11) is 0. The first kappa shape index (κ1) is 11.3. The van der Waals surface area contributed by atoms with Crippen LogP contribution in [0.5, 0.6) is 0 Å². The summed E-state index contributed by atoms with van der Waals surface area (Å²) in [5, 5.41) is 11.7. The van der Waals surface area contributed by atoms with Gasteiger partial charge in [-0.1, -0.05) is 12.2 Å². The van der Waals surface area contributed by atoms with Gasteiger partial charge in [-0.2, -0.15) is 0 Å². The molecule has 1 rings (SSSR count). The van der Waals surface area contributed by atoms with Crippen molar-refractivity contribution < 1.29 is 56.5 Å². The van der Waals surface area contributed by atoms with Crippen molar-refractivity contribution >= 4 is 17.4 Å². The van der Waals surface area contributed by atoms with Crippen molar-refractivity contribution in [1.29, 1.82) is 0 Å². The van der Waals surface area contributed by atoms with Gasteiger partial charge in [0, 0.05) is 18.3 Å². The summed E-state index contributed by atoms with van der Waals surface area (Å²) >= 11 is 4.32. The van der Waals surface area contributed by atoms with Crippen LogP contribution in [0.25, 0.3) is 0 Å². The molecule has 1 saturated heterocycles. The predicted octanol–water partition coefficient (Wildman–Crippen LogP) is -3.76. The Balaban J connectivity index is 0.000000810. The fraction of sp³-hybridized carbons (Fsp3) is 0.800. The third-order valence-electron chi connectivity index (χ3n) is 1.36. The van der Waals surface area contributed by atoms with E-state index >= 15 is 0 Å². The fourth-order valence-corrected chi connectivity index (χ4v) is 1.09. The van der Waals surface area contributed by atoms with Crippen LogP contribution in [0, 0.1) is 0 Å². The minimum atomic E-state index is -0.378. The van der Waals surface area contributed by atoms with Crippen molar-refractivity contribution in [3.05, 3.63) is 0 Å². The van der Waals surface area contributed by atoms with Gasteiger partial charge in [0.25, 0.3) is 0 Å². The second kappa shape index (κ2) is 5.88. The number of rotatable bonds is 1. The van der Waals surface area contributed by atoms with Crippen molar-refractivity contribution in [3.8, 4) is 0 Å². The topological polar surface area (TPSA) is 38.3 Å². The van der Waals surface area contributed by atoms with Crippen molar-refractivity contribution in [2.45, 2.75) is 12.8 Å². The van der Waals surface area contributed by atoms with Crippen LogP contribution in [0.1, 0.15) is 12.8 Å². The average Bonchev–Trinajstić information content (AvgIpc) is 2.15. The first-order chi connectivity index (χ1) is 4.29. The van der Waals surface area contributed by atoms with Gasteiger partial charge < -0.3 is 10.5 Å². The van der Waals surface area contributed by atoms with Gasteiger partial charge in [-0.05, 0) is 12.8 Å². The van der Waals surface area contributed by atoms with Gasteiger partial charge in [-0.15, -0.1) is 0 Å². The van der Waals surface area contributed by atoms with Crippen molar-refractivity contribution in [2.75, 3.05) is 13.1 Å². The van der Waals surface area contributed by atoms with Crippen LogP contribution in [0.2, 0.25) is 0 Å². The number of hydrogen-bond donors (Lipinski definition) is 1. The molecule has 1 N–H and O–H groups in total. The quantitative estimate of drug-likeness (QED) is 0.335. The molecule has 0 radical (unpaired) electrons. The smallest absolute Gasteiger partial charge is 0.851 e. The normalized spacial score (nSPS) is 18.0. The fourth-order valence-electron chi connectivity index (χ4n) is 0.958. The van der Waals surface area contributed by atoms with Crippen LogP contribution in [-0.2, 0) is 0 Å². The van der Waals surface area contributed by atoms with E-state index in [9.17, 15) is 5.11 Å². The molecule has 1 heterocycles. The average molecular weight is 184 g/mol. The van der Waals surface area contributed by atoms with Gasteiger partial charge in [0.2, 0.25) is 0 Å². The molecule has 5 heteroatoms. The minimum Gasteiger partial charge on any atom is -0.851 e. The van der Waals surface area contributed by atoms with Crippen LogP contribution in [0.3, 0.4) is 0 Å². The molecule has 0 amide bonds. The van der Waals surface area contributed by atoms with E-state index in [0.717, 1.165) is 25.9 Å². The maximum Gasteiger partial charge on any atom is 1.00 e. The monoisotopic (exact) mass is 184 g/mol. The zero-order chi connectivity index (χ0) is 6.69. The number of hydrogen-bond acceptors (Lipinski definition) is 3. The zero-order valence-electron chi connectivity index (χ0n) is 6.09. The summed E-state index contributed by atoms with van der Waals surface area (Å²) in [5.41, 5.74) is 2.55. The Kier molecular flexibility index (Phi) is 6.63. The standard InChI is InChI=1S/C5H10N2OS.K/c8-5(9)6-7-3-1-2-4-7;/h1-4H2,(H2,6,8,9);/q;+1/p-1. The molecule has 3 nitrogen and oxygen atoms in total. The van der Waals surface area contributed by atoms with Gasteiger partial charge >= 0.3 is 51.4 Å². The Morgan fingerprint density at radius 1 is 1.40 bits per heavy atom. The van der Waals surface area contributed by atoms with Crippen LogP contribution in [-0.4, -0.2) is 23.3 Å². The Morgan fingerprint density at radius 3 is 2.30 bits per heavy atom. The zero-order valence-corrected chi connectivity index (χ0v) is 10.0. The van der Waals surface area contributed by atoms with Crippen molar-refractivity contribution in [1.82, 2.24) is 10.4 Å². The van der Waals surface area contributed by atoms with Crippen LogP contribution in [0.4, 0.5) is 0 Å². The summed E-state index contributed by atoms with van der Waals surface area (Å²) < 4.78 is 0. The molecule has 1 fully saturated rings. The molecule has 1 aliphatic heterocycles. The summed E-state index contributed by atoms with van der Waals surface area (Å²) in [6, 6.07) is 0. The molecule has 52 valence electrons. The van der Waals surface area contributed by atoms with E-state index in [1.807, 2.05) is 5.01 Å². The molecule has 10 heavy (non-hydrogen) atoms. The maximum atomic E-state index is 10.3. The Morgan fingerprint density at radius 2 is 1.90 bits per heavy atom. The molecular weight excluding hydrogens is 175 g/mol. The molecule has 0 saturated carbocycles. The molecule has 1 aliphatic rings.